The molecule has 0 amide bonds. The molecule has 1 unspecified atom stereocenters. The van der Waals surface area contributed by atoms with Crippen LogP contribution < -0.4 is 5.32 Å². The van der Waals surface area contributed by atoms with E-state index in [0.717, 1.165) is 18.4 Å². The first-order chi connectivity index (χ1) is 7.72. The molecule has 1 aliphatic carbocycles. The molecule has 0 bridgehead atoms. The Bertz CT molecular complexity index is 357. The van der Waals surface area contributed by atoms with Crippen molar-refractivity contribution in [3.8, 4) is 0 Å². The second-order valence-electron chi connectivity index (χ2n) is 4.40. The zero-order valence-corrected chi connectivity index (χ0v) is 9.79. The van der Waals surface area contributed by atoms with Crippen molar-refractivity contribution in [2.24, 2.45) is 0 Å². The molecule has 16 heavy (non-hydrogen) atoms. The van der Waals surface area contributed by atoms with Crippen LogP contribution in [0.15, 0.2) is 24.3 Å². The average molecular weight is 223 g/mol. The maximum Gasteiger partial charge on any atom is 0.123 e. The summed E-state index contributed by atoms with van der Waals surface area (Å²) < 4.78 is 18.8. The number of likely N-dealkylation sites (N-methyl/N-ethyl adjacent to an activating group) is 1. The number of benzene rings is 1. The summed E-state index contributed by atoms with van der Waals surface area (Å²) in [5.41, 5.74) is 0.812. The van der Waals surface area contributed by atoms with E-state index < -0.39 is 0 Å². The Morgan fingerprint density at radius 3 is 2.62 bits per heavy atom. The van der Waals surface area contributed by atoms with Crippen LogP contribution in [-0.2, 0) is 4.74 Å². The molecule has 2 rings (SSSR count). The quantitative estimate of drug-likeness (QED) is 0.847. The lowest BCUT2D eigenvalue weighted by atomic mass is 9.72. The van der Waals surface area contributed by atoms with Crippen LogP contribution in [-0.4, -0.2) is 19.8 Å². The van der Waals surface area contributed by atoms with Gasteiger partial charge in [0.1, 0.15) is 5.82 Å². The van der Waals surface area contributed by atoms with Crippen LogP contribution in [0.2, 0.25) is 0 Å². The molecule has 0 radical (unpaired) electrons. The van der Waals surface area contributed by atoms with Crippen molar-refractivity contribution < 1.29 is 9.13 Å². The summed E-state index contributed by atoms with van der Waals surface area (Å²) >= 11 is 0. The number of nitrogens with one attached hydrogen (secondary N) is 1. The number of hydrogen-bond acceptors (Lipinski definition) is 2. The topological polar surface area (TPSA) is 21.3 Å². The van der Waals surface area contributed by atoms with E-state index in [1.807, 2.05) is 13.1 Å². The van der Waals surface area contributed by atoms with Gasteiger partial charge in [-0.2, -0.15) is 0 Å². The number of methoxy groups -OCH3 is 1. The van der Waals surface area contributed by atoms with Gasteiger partial charge in [-0.05, 0) is 44.0 Å². The van der Waals surface area contributed by atoms with Gasteiger partial charge < -0.3 is 10.1 Å². The molecule has 0 saturated heterocycles. The van der Waals surface area contributed by atoms with Crippen molar-refractivity contribution in [1.29, 1.82) is 0 Å². The summed E-state index contributed by atoms with van der Waals surface area (Å²) in [6.07, 6.45) is 3.25. The Hall–Kier alpha value is -0.930. The molecule has 88 valence electrons. The second kappa shape index (κ2) is 4.52. The molecule has 1 N–H and O–H groups in total. The molecule has 0 heterocycles. The Balaban J connectivity index is 2.28. The van der Waals surface area contributed by atoms with E-state index >= 15 is 0 Å². The van der Waals surface area contributed by atoms with Crippen LogP contribution in [0.25, 0.3) is 0 Å². The largest absolute Gasteiger partial charge is 0.376 e. The summed E-state index contributed by atoms with van der Waals surface area (Å²) in [6.45, 7) is 0. The van der Waals surface area contributed by atoms with Gasteiger partial charge in [0.2, 0.25) is 0 Å². The predicted molar refractivity (Wildman–Crippen MR) is 61.8 cm³/mol. The van der Waals surface area contributed by atoms with Crippen molar-refractivity contribution >= 4 is 0 Å². The molecule has 0 aromatic heterocycles. The van der Waals surface area contributed by atoms with Crippen molar-refractivity contribution in [2.45, 2.75) is 30.9 Å². The summed E-state index contributed by atoms with van der Waals surface area (Å²) in [6, 6.07) is 6.82. The third kappa shape index (κ3) is 1.85. The predicted octanol–water partition coefficient (Wildman–Crippen LogP) is 2.66. The minimum Gasteiger partial charge on any atom is -0.376 e. The third-order valence-electron chi connectivity index (χ3n) is 3.60. The van der Waals surface area contributed by atoms with Gasteiger partial charge >= 0.3 is 0 Å². The van der Waals surface area contributed by atoms with Crippen molar-refractivity contribution in [1.82, 2.24) is 5.32 Å². The van der Waals surface area contributed by atoms with E-state index in [1.165, 1.54) is 12.5 Å². The summed E-state index contributed by atoms with van der Waals surface area (Å²) in [4.78, 5) is 0. The molecule has 0 spiro atoms. The van der Waals surface area contributed by atoms with Gasteiger partial charge in [-0.1, -0.05) is 12.1 Å². The first-order valence-corrected chi connectivity index (χ1v) is 5.70. The number of halogens is 1. The van der Waals surface area contributed by atoms with Gasteiger partial charge in [-0.15, -0.1) is 0 Å². The van der Waals surface area contributed by atoms with Crippen molar-refractivity contribution in [2.75, 3.05) is 14.2 Å². The molecule has 1 fully saturated rings. The van der Waals surface area contributed by atoms with E-state index in [0.29, 0.717) is 0 Å². The van der Waals surface area contributed by atoms with Crippen LogP contribution in [0.1, 0.15) is 30.9 Å². The summed E-state index contributed by atoms with van der Waals surface area (Å²) in [7, 11) is 3.64. The van der Waals surface area contributed by atoms with Crippen LogP contribution in [0.4, 0.5) is 4.39 Å². The van der Waals surface area contributed by atoms with Gasteiger partial charge in [-0.3, -0.25) is 0 Å². The highest BCUT2D eigenvalue weighted by Crippen LogP contribution is 2.44. The summed E-state index contributed by atoms with van der Waals surface area (Å²) in [5.74, 6) is -0.191. The molecule has 1 atom stereocenters. The molecule has 3 heteroatoms. The lowest BCUT2D eigenvalue weighted by molar-refractivity contribution is -0.0983. The maximum absolute atomic E-state index is 13.2. The zero-order chi connectivity index (χ0) is 11.6. The molecular weight excluding hydrogens is 205 g/mol. The number of rotatable bonds is 4. The fourth-order valence-electron chi connectivity index (χ4n) is 2.56. The van der Waals surface area contributed by atoms with Crippen molar-refractivity contribution in [3.63, 3.8) is 0 Å². The highest BCUT2D eigenvalue weighted by molar-refractivity contribution is 5.24. The smallest absolute Gasteiger partial charge is 0.123 e. The monoisotopic (exact) mass is 223 g/mol. The first-order valence-electron chi connectivity index (χ1n) is 5.70. The third-order valence-corrected chi connectivity index (χ3v) is 3.60. The Kier molecular flexibility index (Phi) is 3.26. The average Bonchev–Trinajstić information content (AvgIpc) is 2.23. The molecule has 2 nitrogen and oxygen atoms in total. The Morgan fingerprint density at radius 2 is 2.19 bits per heavy atom. The number of hydrogen-bond donors (Lipinski definition) is 1. The fourth-order valence-corrected chi connectivity index (χ4v) is 2.56. The zero-order valence-electron chi connectivity index (χ0n) is 9.79. The number of ether oxygens (including phenoxy) is 1. The lowest BCUT2D eigenvalue weighted by Gasteiger charge is -2.46. The highest BCUT2D eigenvalue weighted by Gasteiger charge is 2.44. The summed E-state index contributed by atoms with van der Waals surface area (Å²) in [5, 5.41) is 3.25. The second-order valence-corrected chi connectivity index (χ2v) is 4.40. The van der Waals surface area contributed by atoms with Crippen molar-refractivity contribution in [3.05, 3.63) is 35.6 Å². The molecule has 1 aliphatic rings. The fraction of sp³-hybridized carbons (Fsp3) is 0.538. The van der Waals surface area contributed by atoms with Gasteiger partial charge in [0.25, 0.3) is 0 Å². The van der Waals surface area contributed by atoms with E-state index in [4.69, 9.17) is 4.74 Å². The van der Waals surface area contributed by atoms with E-state index in [1.54, 1.807) is 19.2 Å². The minimum atomic E-state index is -0.191. The van der Waals surface area contributed by atoms with E-state index in [-0.39, 0.29) is 17.5 Å². The molecule has 1 aromatic carbocycles. The van der Waals surface area contributed by atoms with E-state index in [9.17, 15) is 4.39 Å². The van der Waals surface area contributed by atoms with Crippen LogP contribution in [0, 0.1) is 5.82 Å². The van der Waals surface area contributed by atoms with Gasteiger partial charge in [0.15, 0.2) is 0 Å². The molecule has 1 saturated carbocycles. The normalized spacial score (nSPS) is 20.2. The van der Waals surface area contributed by atoms with Gasteiger partial charge in [0.05, 0.1) is 11.6 Å². The Morgan fingerprint density at radius 1 is 1.44 bits per heavy atom. The van der Waals surface area contributed by atoms with Crippen LogP contribution >= 0.6 is 0 Å². The van der Waals surface area contributed by atoms with Crippen LogP contribution in [0.5, 0.6) is 0 Å². The Labute approximate surface area is 95.8 Å². The minimum absolute atomic E-state index is 0.0712. The standard InChI is InChI=1S/C13H18FNO/c1-15-12(13(16-2)7-4-8-13)10-5-3-6-11(14)9-10/h3,5-6,9,12,15H,4,7-8H2,1-2H3. The highest BCUT2D eigenvalue weighted by atomic mass is 19.1. The van der Waals surface area contributed by atoms with Crippen LogP contribution in [0.3, 0.4) is 0 Å². The maximum atomic E-state index is 13.2. The lowest BCUT2D eigenvalue weighted by Crippen LogP contribution is -2.49. The van der Waals surface area contributed by atoms with Gasteiger partial charge in [0, 0.05) is 7.11 Å². The SMILES string of the molecule is CNC(c1cccc(F)c1)C1(OC)CCC1. The van der Waals surface area contributed by atoms with E-state index in [2.05, 4.69) is 5.32 Å². The van der Waals surface area contributed by atoms with Gasteiger partial charge in [-0.25, -0.2) is 4.39 Å². The molecule has 1 aromatic rings. The molecule has 0 aliphatic heterocycles. The first kappa shape index (κ1) is 11.6. The molecular formula is C13H18FNO.